The minimum absolute atomic E-state index is 0.0677. The Balaban J connectivity index is 1.70. The van der Waals surface area contributed by atoms with Crippen LogP contribution in [0.2, 0.25) is 0 Å². The first-order valence-electron chi connectivity index (χ1n) is 11.8. The molecule has 2 aromatic carbocycles. The Bertz CT molecular complexity index is 927. The predicted octanol–water partition coefficient (Wildman–Crippen LogP) is 4.41. The summed E-state index contributed by atoms with van der Waals surface area (Å²) in [6.45, 7) is 2.43. The molecule has 1 saturated heterocycles. The lowest BCUT2D eigenvalue weighted by molar-refractivity contribution is -0.283. The van der Waals surface area contributed by atoms with Gasteiger partial charge in [-0.1, -0.05) is 72.8 Å². The van der Waals surface area contributed by atoms with Crippen LogP contribution in [0.15, 0.2) is 72.8 Å². The van der Waals surface area contributed by atoms with Crippen molar-refractivity contribution in [1.29, 1.82) is 0 Å². The first kappa shape index (κ1) is 23.7. The second-order valence-electron chi connectivity index (χ2n) is 9.30. The summed E-state index contributed by atoms with van der Waals surface area (Å²) < 4.78 is 17.7. The number of ether oxygens (including phenoxy) is 3. The van der Waals surface area contributed by atoms with Crippen LogP contribution in [0.4, 0.5) is 0 Å². The van der Waals surface area contributed by atoms with E-state index in [2.05, 4.69) is 41.3 Å². The molecule has 1 heterocycles. The molecule has 2 aromatic rings. The average molecular weight is 450 g/mol. The standard InChI is InChI=1S/C28H35NO4/c1-28(32-3)20-29(25(27(30)31-2)18-22-10-6-4-7-11-22)24(17-16-21-14-15-21)26(33-28)19-23-12-8-5-9-13-23/h4-13,16-17,21,24-26H,14-15,18-20H2,1-3H3/b17-16+/t24-,25+,26+,28?/m1/s1. The minimum atomic E-state index is -0.827. The number of benzene rings is 2. The van der Waals surface area contributed by atoms with Crippen LogP contribution in [0.5, 0.6) is 0 Å². The summed E-state index contributed by atoms with van der Waals surface area (Å²) in [7, 11) is 3.13. The van der Waals surface area contributed by atoms with E-state index in [1.807, 2.05) is 43.3 Å². The Hall–Kier alpha value is -2.47. The van der Waals surface area contributed by atoms with Gasteiger partial charge in [0.25, 0.3) is 0 Å². The van der Waals surface area contributed by atoms with Crippen LogP contribution in [0.3, 0.4) is 0 Å². The van der Waals surface area contributed by atoms with Crippen molar-refractivity contribution < 1.29 is 19.0 Å². The minimum Gasteiger partial charge on any atom is -0.468 e. The van der Waals surface area contributed by atoms with Gasteiger partial charge >= 0.3 is 5.97 Å². The lowest BCUT2D eigenvalue weighted by Gasteiger charge is -2.50. The molecule has 1 saturated carbocycles. The zero-order valence-corrected chi connectivity index (χ0v) is 19.9. The second-order valence-corrected chi connectivity index (χ2v) is 9.30. The Morgan fingerprint density at radius 3 is 2.27 bits per heavy atom. The molecule has 1 unspecified atom stereocenters. The van der Waals surface area contributed by atoms with Crippen molar-refractivity contribution in [2.24, 2.45) is 5.92 Å². The molecule has 4 atom stereocenters. The second kappa shape index (κ2) is 10.6. The highest BCUT2D eigenvalue weighted by atomic mass is 16.7. The van der Waals surface area contributed by atoms with E-state index in [9.17, 15) is 4.79 Å². The maximum atomic E-state index is 13.1. The number of nitrogens with zero attached hydrogens (tertiary/aromatic N) is 1. The summed E-state index contributed by atoms with van der Waals surface area (Å²) >= 11 is 0. The Morgan fingerprint density at radius 1 is 1.06 bits per heavy atom. The molecule has 2 aliphatic rings. The van der Waals surface area contributed by atoms with Crippen LogP contribution in [-0.2, 0) is 31.8 Å². The van der Waals surface area contributed by atoms with Crippen molar-refractivity contribution in [2.75, 3.05) is 20.8 Å². The first-order chi connectivity index (χ1) is 16.0. The fourth-order valence-corrected chi connectivity index (χ4v) is 4.62. The van der Waals surface area contributed by atoms with E-state index in [-0.39, 0.29) is 18.1 Å². The summed E-state index contributed by atoms with van der Waals surface area (Å²) in [6, 6.07) is 20.0. The van der Waals surface area contributed by atoms with E-state index >= 15 is 0 Å². The summed E-state index contributed by atoms with van der Waals surface area (Å²) in [5.41, 5.74) is 2.30. The number of methoxy groups -OCH3 is 2. The van der Waals surface area contributed by atoms with E-state index in [1.54, 1.807) is 7.11 Å². The van der Waals surface area contributed by atoms with Crippen LogP contribution in [0, 0.1) is 5.92 Å². The van der Waals surface area contributed by atoms with E-state index < -0.39 is 11.8 Å². The van der Waals surface area contributed by atoms with Crippen molar-refractivity contribution in [1.82, 2.24) is 4.90 Å². The molecule has 0 bridgehead atoms. The van der Waals surface area contributed by atoms with Crippen molar-refractivity contribution in [2.45, 2.75) is 56.6 Å². The Morgan fingerprint density at radius 2 is 1.70 bits per heavy atom. The first-order valence-corrected chi connectivity index (χ1v) is 11.8. The van der Waals surface area contributed by atoms with Crippen molar-refractivity contribution in [3.8, 4) is 0 Å². The van der Waals surface area contributed by atoms with Gasteiger partial charge in [0.15, 0.2) is 5.79 Å². The molecule has 5 heteroatoms. The van der Waals surface area contributed by atoms with Crippen LogP contribution in [-0.4, -0.2) is 55.6 Å². The highest BCUT2D eigenvalue weighted by molar-refractivity contribution is 5.76. The summed E-state index contributed by atoms with van der Waals surface area (Å²) in [4.78, 5) is 15.3. The molecule has 1 aliphatic carbocycles. The average Bonchev–Trinajstić information content (AvgIpc) is 3.67. The molecule has 2 fully saturated rings. The zero-order valence-electron chi connectivity index (χ0n) is 19.9. The number of esters is 1. The van der Waals surface area contributed by atoms with Gasteiger partial charge in [0.2, 0.25) is 0 Å². The van der Waals surface area contributed by atoms with E-state index in [4.69, 9.17) is 14.2 Å². The zero-order chi connectivity index (χ0) is 23.3. The largest absolute Gasteiger partial charge is 0.468 e. The molecule has 0 radical (unpaired) electrons. The number of hydrogen-bond donors (Lipinski definition) is 0. The molecule has 0 amide bonds. The Labute approximate surface area is 197 Å². The normalized spacial score (nSPS) is 26.9. The molecule has 0 N–H and O–H groups in total. The molecule has 5 nitrogen and oxygen atoms in total. The van der Waals surface area contributed by atoms with Gasteiger partial charge in [-0.2, -0.15) is 0 Å². The number of allylic oxidation sites excluding steroid dienone is 1. The smallest absolute Gasteiger partial charge is 0.323 e. The third kappa shape index (κ3) is 6.11. The monoisotopic (exact) mass is 449 g/mol. The van der Waals surface area contributed by atoms with Gasteiger partial charge in [-0.15, -0.1) is 0 Å². The Kier molecular flexibility index (Phi) is 7.63. The topological polar surface area (TPSA) is 48.0 Å². The maximum Gasteiger partial charge on any atom is 0.323 e. The van der Waals surface area contributed by atoms with Crippen LogP contribution < -0.4 is 0 Å². The molecular weight excluding hydrogens is 414 g/mol. The number of hydrogen-bond acceptors (Lipinski definition) is 5. The quantitative estimate of drug-likeness (QED) is 0.419. The molecule has 0 spiro atoms. The van der Waals surface area contributed by atoms with Crippen molar-refractivity contribution >= 4 is 5.97 Å². The molecule has 176 valence electrons. The van der Waals surface area contributed by atoms with Crippen LogP contribution >= 0.6 is 0 Å². The van der Waals surface area contributed by atoms with Gasteiger partial charge in [0.1, 0.15) is 6.04 Å². The summed E-state index contributed by atoms with van der Waals surface area (Å²) in [5.74, 6) is -0.431. The fourth-order valence-electron chi connectivity index (χ4n) is 4.62. The third-order valence-corrected chi connectivity index (χ3v) is 6.69. The highest BCUT2D eigenvalue weighted by Gasteiger charge is 2.47. The fraction of sp³-hybridized carbons (Fsp3) is 0.464. The van der Waals surface area contributed by atoms with Crippen LogP contribution in [0.1, 0.15) is 30.9 Å². The molecule has 0 aromatic heterocycles. The molecule has 4 rings (SSSR count). The third-order valence-electron chi connectivity index (χ3n) is 6.69. The number of rotatable bonds is 9. The summed E-state index contributed by atoms with van der Waals surface area (Å²) in [6.07, 6.45) is 8.15. The van der Waals surface area contributed by atoms with Gasteiger partial charge < -0.3 is 14.2 Å². The highest BCUT2D eigenvalue weighted by Crippen LogP contribution is 2.35. The van der Waals surface area contributed by atoms with Gasteiger partial charge in [-0.25, -0.2) is 0 Å². The maximum absolute atomic E-state index is 13.1. The van der Waals surface area contributed by atoms with E-state index in [0.29, 0.717) is 18.9 Å². The summed E-state index contributed by atoms with van der Waals surface area (Å²) in [5, 5.41) is 0. The lowest BCUT2D eigenvalue weighted by Crippen LogP contribution is -2.64. The van der Waals surface area contributed by atoms with E-state index in [0.717, 1.165) is 12.0 Å². The van der Waals surface area contributed by atoms with Crippen molar-refractivity contribution in [3.63, 3.8) is 0 Å². The molecular formula is C28H35NO4. The van der Waals surface area contributed by atoms with Crippen LogP contribution in [0.25, 0.3) is 0 Å². The number of carbonyl (C=O) groups is 1. The van der Waals surface area contributed by atoms with Gasteiger partial charge in [-0.3, -0.25) is 9.69 Å². The molecule has 1 aliphatic heterocycles. The van der Waals surface area contributed by atoms with Gasteiger partial charge in [0.05, 0.1) is 25.8 Å². The van der Waals surface area contributed by atoms with Crippen molar-refractivity contribution in [3.05, 3.63) is 83.9 Å². The lowest BCUT2D eigenvalue weighted by atomic mass is 9.93. The molecule has 33 heavy (non-hydrogen) atoms. The SMILES string of the molecule is COC(=O)[C@H](Cc1ccccc1)N1CC(C)(OC)O[C@@H](Cc2ccccc2)[C@H]1/C=C/C1CC1. The predicted molar refractivity (Wildman–Crippen MR) is 129 cm³/mol. The number of morpholine rings is 1. The van der Waals surface area contributed by atoms with Gasteiger partial charge in [-0.05, 0) is 43.2 Å². The van der Waals surface area contributed by atoms with E-state index in [1.165, 1.54) is 25.5 Å². The van der Waals surface area contributed by atoms with Gasteiger partial charge in [0, 0.05) is 13.5 Å². The number of carbonyl (C=O) groups excluding carboxylic acids is 1.